The lowest BCUT2D eigenvalue weighted by Gasteiger charge is -2.33. The van der Waals surface area contributed by atoms with E-state index in [2.05, 4.69) is 52.0 Å². The van der Waals surface area contributed by atoms with E-state index >= 15 is 0 Å². The van der Waals surface area contributed by atoms with Crippen molar-refractivity contribution in [1.82, 2.24) is 4.90 Å². The Bertz CT molecular complexity index is 427. The third-order valence-corrected chi connectivity index (χ3v) is 4.81. The van der Waals surface area contributed by atoms with Crippen molar-refractivity contribution in [3.8, 4) is 0 Å². The summed E-state index contributed by atoms with van der Waals surface area (Å²) in [6, 6.07) is 8.91. The molecule has 0 bridgehead atoms. The number of nitrogens with zero attached hydrogens (tertiary/aromatic N) is 1. The first-order valence-corrected chi connectivity index (χ1v) is 8.31. The maximum Gasteiger partial charge on any atom is 0.0499 e. The molecule has 0 aromatic heterocycles. The van der Waals surface area contributed by atoms with Crippen LogP contribution in [0.4, 0.5) is 0 Å². The number of halogens is 1. The van der Waals surface area contributed by atoms with Crippen molar-refractivity contribution in [3.63, 3.8) is 0 Å². The fourth-order valence-corrected chi connectivity index (χ4v) is 3.59. The molecule has 0 saturated carbocycles. The number of aliphatic hydroxyl groups excluding tert-OH is 1. The van der Waals surface area contributed by atoms with Gasteiger partial charge in [-0.15, -0.1) is 0 Å². The number of benzene rings is 1. The van der Waals surface area contributed by atoms with Crippen LogP contribution in [0.15, 0.2) is 28.7 Å². The molecule has 0 spiro atoms. The minimum atomic E-state index is 0.150. The summed E-state index contributed by atoms with van der Waals surface area (Å²) >= 11 is 3.55. The lowest BCUT2D eigenvalue weighted by Crippen LogP contribution is -2.39. The predicted molar refractivity (Wildman–Crippen MR) is 86.5 cm³/mol. The van der Waals surface area contributed by atoms with Crippen molar-refractivity contribution in [1.29, 1.82) is 0 Å². The van der Waals surface area contributed by atoms with Gasteiger partial charge >= 0.3 is 0 Å². The van der Waals surface area contributed by atoms with E-state index in [1.165, 1.54) is 12.0 Å². The lowest BCUT2D eigenvalue weighted by molar-refractivity contribution is 0.193. The first-order chi connectivity index (χ1) is 9.65. The molecule has 1 fully saturated rings. The number of hydrogen-bond acceptors (Lipinski definition) is 3. The SMILES string of the molecule is CCC(N)C(c1cccc(Br)c1)N1CCC(CCO)C1. The highest BCUT2D eigenvalue weighted by molar-refractivity contribution is 9.10. The number of hydrogen-bond donors (Lipinski definition) is 2. The van der Waals surface area contributed by atoms with E-state index in [1.54, 1.807) is 0 Å². The molecule has 1 aliphatic heterocycles. The molecule has 1 aromatic carbocycles. The molecule has 1 heterocycles. The average molecular weight is 341 g/mol. The van der Waals surface area contributed by atoms with Crippen LogP contribution in [-0.2, 0) is 0 Å². The van der Waals surface area contributed by atoms with Crippen LogP contribution in [0.2, 0.25) is 0 Å². The van der Waals surface area contributed by atoms with Crippen LogP contribution in [-0.4, -0.2) is 35.7 Å². The van der Waals surface area contributed by atoms with Crippen LogP contribution in [0, 0.1) is 5.92 Å². The van der Waals surface area contributed by atoms with Crippen LogP contribution in [0.25, 0.3) is 0 Å². The second-order valence-corrected chi connectivity index (χ2v) is 6.65. The van der Waals surface area contributed by atoms with Gasteiger partial charge in [0, 0.05) is 29.7 Å². The number of likely N-dealkylation sites (tertiary alicyclic amines) is 1. The highest BCUT2D eigenvalue weighted by Crippen LogP contribution is 2.32. The van der Waals surface area contributed by atoms with Gasteiger partial charge in [-0.25, -0.2) is 0 Å². The van der Waals surface area contributed by atoms with Gasteiger partial charge in [0.25, 0.3) is 0 Å². The monoisotopic (exact) mass is 340 g/mol. The molecule has 20 heavy (non-hydrogen) atoms. The normalized spacial score (nSPS) is 22.9. The molecule has 0 radical (unpaired) electrons. The third-order valence-electron chi connectivity index (χ3n) is 4.32. The van der Waals surface area contributed by atoms with E-state index in [1.807, 2.05) is 0 Å². The van der Waals surface area contributed by atoms with Gasteiger partial charge in [0.15, 0.2) is 0 Å². The van der Waals surface area contributed by atoms with Crippen LogP contribution in [0.5, 0.6) is 0 Å². The van der Waals surface area contributed by atoms with E-state index < -0.39 is 0 Å². The zero-order chi connectivity index (χ0) is 14.5. The number of nitrogens with two attached hydrogens (primary N) is 1. The molecular formula is C16H25BrN2O. The Morgan fingerprint density at radius 3 is 2.95 bits per heavy atom. The van der Waals surface area contributed by atoms with Crippen molar-refractivity contribution in [2.24, 2.45) is 11.7 Å². The zero-order valence-electron chi connectivity index (χ0n) is 12.1. The summed E-state index contributed by atoms with van der Waals surface area (Å²) in [4.78, 5) is 2.50. The average Bonchev–Trinajstić information content (AvgIpc) is 2.87. The topological polar surface area (TPSA) is 49.5 Å². The maximum absolute atomic E-state index is 9.11. The molecule has 3 N–H and O–H groups in total. The summed E-state index contributed by atoms with van der Waals surface area (Å²) < 4.78 is 1.11. The third kappa shape index (κ3) is 3.82. The molecule has 3 atom stereocenters. The van der Waals surface area contributed by atoms with Crippen LogP contribution in [0.1, 0.15) is 37.8 Å². The Morgan fingerprint density at radius 2 is 2.30 bits per heavy atom. The summed E-state index contributed by atoms with van der Waals surface area (Å²) in [6.07, 6.45) is 3.04. The van der Waals surface area contributed by atoms with Crippen LogP contribution < -0.4 is 5.73 Å². The molecular weight excluding hydrogens is 316 g/mol. The van der Waals surface area contributed by atoms with Crippen molar-refractivity contribution < 1.29 is 5.11 Å². The first-order valence-electron chi connectivity index (χ1n) is 7.51. The number of rotatable bonds is 6. The van der Waals surface area contributed by atoms with Crippen molar-refractivity contribution in [3.05, 3.63) is 34.3 Å². The smallest absolute Gasteiger partial charge is 0.0499 e. The molecule has 1 aromatic rings. The Morgan fingerprint density at radius 1 is 1.50 bits per heavy atom. The molecule has 0 amide bonds. The second-order valence-electron chi connectivity index (χ2n) is 5.73. The van der Waals surface area contributed by atoms with Crippen molar-refractivity contribution in [2.75, 3.05) is 19.7 Å². The van der Waals surface area contributed by atoms with Gasteiger partial charge in [0.05, 0.1) is 0 Å². The summed E-state index contributed by atoms with van der Waals surface area (Å²) in [5, 5.41) is 9.11. The van der Waals surface area contributed by atoms with E-state index in [0.717, 1.165) is 30.4 Å². The number of aliphatic hydroxyl groups is 1. The highest BCUT2D eigenvalue weighted by atomic mass is 79.9. The Hall–Kier alpha value is -0.420. The molecule has 2 rings (SSSR count). The Balaban J connectivity index is 2.16. The lowest BCUT2D eigenvalue weighted by atomic mass is 9.96. The summed E-state index contributed by atoms with van der Waals surface area (Å²) in [5.74, 6) is 0.610. The zero-order valence-corrected chi connectivity index (χ0v) is 13.7. The standard InChI is InChI=1S/C16H25BrN2O/c1-2-15(18)16(13-4-3-5-14(17)10-13)19-8-6-12(11-19)7-9-20/h3-5,10,12,15-16,20H,2,6-9,11,18H2,1H3. The fourth-order valence-electron chi connectivity index (χ4n) is 3.18. The van der Waals surface area contributed by atoms with Gasteiger partial charge in [-0.1, -0.05) is 35.0 Å². The molecule has 3 nitrogen and oxygen atoms in total. The van der Waals surface area contributed by atoms with E-state index in [4.69, 9.17) is 10.8 Å². The van der Waals surface area contributed by atoms with E-state index in [-0.39, 0.29) is 12.1 Å². The Kier molecular flexibility index (Phi) is 6.02. The molecule has 4 heteroatoms. The van der Waals surface area contributed by atoms with Crippen molar-refractivity contribution >= 4 is 15.9 Å². The minimum absolute atomic E-state index is 0.150. The molecule has 1 saturated heterocycles. The van der Waals surface area contributed by atoms with Crippen LogP contribution in [0.3, 0.4) is 0 Å². The molecule has 1 aliphatic rings. The van der Waals surface area contributed by atoms with E-state index in [9.17, 15) is 0 Å². The quantitative estimate of drug-likeness (QED) is 0.836. The summed E-state index contributed by atoms with van der Waals surface area (Å²) in [5.41, 5.74) is 7.68. The predicted octanol–water partition coefficient (Wildman–Crippen LogP) is 2.93. The summed E-state index contributed by atoms with van der Waals surface area (Å²) in [7, 11) is 0. The van der Waals surface area contributed by atoms with Gasteiger partial charge in [-0.05, 0) is 49.4 Å². The minimum Gasteiger partial charge on any atom is -0.396 e. The molecule has 112 valence electrons. The van der Waals surface area contributed by atoms with E-state index in [0.29, 0.717) is 12.5 Å². The summed E-state index contributed by atoms with van der Waals surface area (Å²) in [6.45, 7) is 4.57. The molecule has 0 aliphatic carbocycles. The van der Waals surface area contributed by atoms with Crippen LogP contribution >= 0.6 is 15.9 Å². The second kappa shape index (κ2) is 7.55. The van der Waals surface area contributed by atoms with Gasteiger partial charge in [0.2, 0.25) is 0 Å². The first kappa shape index (κ1) is 16.0. The molecule has 3 unspecified atom stereocenters. The fraction of sp³-hybridized carbons (Fsp3) is 0.625. The highest BCUT2D eigenvalue weighted by Gasteiger charge is 2.31. The van der Waals surface area contributed by atoms with Gasteiger partial charge < -0.3 is 10.8 Å². The maximum atomic E-state index is 9.11. The van der Waals surface area contributed by atoms with Gasteiger partial charge in [-0.3, -0.25) is 4.90 Å². The van der Waals surface area contributed by atoms with Gasteiger partial charge in [0.1, 0.15) is 0 Å². The van der Waals surface area contributed by atoms with Crippen molar-refractivity contribution in [2.45, 2.75) is 38.3 Å². The Labute approximate surface area is 130 Å². The largest absolute Gasteiger partial charge is 0.396 e. The van der Waals surface area contributed by atoms with Gasteiger partial charge in [-0.2, -0.15) is 0 Å².